The molecule has 45 heavy (non-hydrogen) atoms. The van der Waals surface area contributed by atoms with Crippen molar-refractivity contribution < 1.29 is 28.1 Å². The maximum absolute atomic E-state index is 17.0. The number of aryl methyl sites for hydroxylation is 1. The number of phenols is 1. The molecular formula is C34H41F2N5O4. The average molecular weight is 622 g/mol. The number of hydrogen-bond acceptors (Lipinski definition) is 9. The van der Waals surface area contributed by atoms with E-state index in [2.05, 4.69) is 21.7 Å². The Balaban J connectivity index is 1.27. The molecule has 8 rings (SSSR count). The molecule has 3 aliphatic heterocycles. The zero-order chi connectivity index (χ0) is 30.9. The van der Waals surface area contributed by atoms with E-state index in [1.807, 2.05) is 0 Å². The van der Waals surface area contributed by atoms with Gasteiger partial charge in [0.2, 0.25) is 5.88 Å². The number of halogens is 2. The lowest BCUT2D eigenvalue weighted by Crippen LogP contribution is -2.43. The fourth-order valence-electron chi connectivity index (χ4n) is 8.63. The molecule has 5 heterocycles. The number of aromatic nitrogens is 3. The Morgan fingerprint density at radius 1 is 1.13 bits per heavy atom. The molecule has 11 heteroatoms. The van der Waals surface area contributed by atoms with Crippen molar-refractivity contribution in [1.82, 2.24) is 19.9 Å². The second-order valence-corrected chi connectivity index (χ2v) is 14.0. The quantitative estimate of drug-likeness (QED) is 0.380. The van der Waals surface area contributed by atoms with Gasteiger partial charge in [0, 0.05) is 44.8 Å². The van der Waals surface area contributed by atoms with Crippen LogP contribution in [0.1, 0.15) is 68.9 Å². The van der Waals surface area contributed by atoms with Crippen molar-refractivity contribution >= 4 is 16.7 Å². The van der Waals surface area contributed by atoms with E-state index in [4.69, 9.17) is 24.2 Å². The third-order valence-electron chi connectivity index (χ3n) is 10.9. The summed E-state index contributed by atoms with van der Waals surface area (Å²) < 4.78 is 49.6. The molecule has 3 saturated heterocycles. The molecule has 5 aliphatic rings. The highest BCUT2D eigenvalue weighted by Crippen LogP contribution is 2.60. The Morgan fingerprint density at radius 3 is 2.82 bits per heavy atom. The first-order valence-corrected chi connectivity index (χ1v) is 16.4. The van der Waals surface area contributed by atoms with Gasteiger partial charge in [0.25, 0.3) is 0 Å². The number of nitrogens with zero attached hydrogens (tertiary/aromatic N) is 5. The molecule has 0 amide bonds. The first kappa shape index (κ1) is 29.1. The number of alkyl halides is 1. The Labute approximate surface area is 261 Å². The molecule has 4 fully saturated rings. The van der Waals surface area contributed by atoms with Gasteiger partial charge < -0.3 is 24.2 Å². The van der Waals surface area contributed by atoms with Crippen LogP contribution in [0.25, 0.3) is 22.2 Å². The Kier molecular flexibility index (Phi) is 7.05. The van der Waals surface area contributed by atoms with Gasteiger partial charge in [0.15, 0.2) is 5.82 Å². The molecule has 3 unspecified atom stereocenters. The predicted octanol–water partition coefficient (Wildman–Crippen LogP) is 5.56. The van der Waals surface area contributed by atoms with Crippen LogP contribution in [0.2, 0.25) is 0 Å². The van der Waals surface area contributed by atoms with Gasteiger partial charge in [-0.3, -0.25) is 4.90 Å². The van der Waals surface area contributed by atoms with Crippen LogP contribution in [0.15, 0.2) is 12.1 Å². The van der Waals surface area contributed by atoms with Gasteiger partial charge in [-0.05, 0) is 79.5 Å². The molecule has 2 aliphatic carbocycles. The van der Waals surface area contributed by atoms with Crippen LogP contribution in [0.5, 0.6) is 17.6 Å². The van der Waals surface area contributed by atoms with Crippen LogP contribution in [0, 0.1) is 11.2 Å². The SMILES string of the molecule is COc1nc(-c2cc(O)cc3c2C(C)CCC3)c(F)c2nc(OCC34CC(F)CN3CC3(CC3)C4)nc(N3CCCOCC3)c12. The number of rotatable bonds is 6. The molecule has 3 atom stereocenters. The number of phenolic OH excluding ortho intramolecular Hbond substituents is 1. The first-order valence-electron chi connectivity index (χ1n) is 16.4. The summed E-state index contributed by atoms with van der Waals surface area (Å²) in [5.41, 5.74) is 2.58. The van der Waals surface area contributed by atoms with Gasteiger partial charge in [-0.15, -0.1) is 0 Å². The van der Waals surface area contributed by atoms with Crippen LogP contribution in [-0.4, -0.2) is 89.8 Å². The van der Waals surface area contributed by atoms with Gasteiger partial charge in [0.05, 0.1) is 19.3 Å². The minimum absolute atomic E-state index is 0.0526. The average Bonchev–Trinajstić information content (AvgIpc) is 3.70. The second-order valence-electron chi connectivity index (χ2n) is 14.0. The van der Waals surface area contributed by atoms with Crippen LogP contribution < -0.4 is 14.4 Å². The van der Waals surface area contributed by atoms with Crippen molar-refractivity contribution in [2.24, 2.45) is 5.41 Å². The molecule has 1 spiro atoms. The van der Waals surface area contributed by atoms with E-state index in [-0.39, 0.29) is 46.8 Å². The number of aromatic hydroxyl groups is 1. The molecule has 9 nitrogen and oxygen atoms in total. The maximum Gasteiger partial charge on any atom is 0.319 e. The van der Waals surface area contributed by atoms with Gasteiger partial charge >= 0.3 is 6.01 Å². The summed E-state index contributed by atoms with van der Waals surface area (Å²) in [6.45, 7) is 6.05. The van der Waals surface area contributed by atoms with Crippen LogP contribution in [0.3, 0.4) is 0 Å². The highest BCUT2D eigenvalue weighted by Gasteiger charge is 2.62. The molecule has 1 saturated carbocycles. The van der Waals surface area contributed by atoms with E-state index in [1.165, 1.54) is 20.0 Å². The zero-order valence-electron chi connectivity index (χ0n) is 26.1. The highest BCUT2D eigenvalue weighted by atomic mass is 19.1. The Bertz CT molecular complexity index is 1640. The minimum atomic E-state index is -0.888. The zero-order valence-corrected chi connectivity index (χ0v) is 26.1. The third-order valence-corrected chi connectivity index (χ3v) is 10.9. The normalized spacial score (nSPS) is 27.4. The molecule has 2 aromatic heterocycles. The van der Waals surface area contributed by atoms with Crippen molar-refractivity contribution in [2.45, 2.75) is 75.9 Å². The lowest BCUT2D eigenvalue weighted by molar-refractivity contribution is 0.107. The third kappa shape index (κ3) is 4.97. The molecule has 240 valence electrons. The van der Waals surface area contributed by atoms with E-state index >= 15 is 4.39 Å². The van der Waals surface area contributed by atoms with Gasteiger partial charge in [0.1, 0.15) is 40.9 Å². The lowest BCUT2D eigenvalue weighted by Gasteiger charge is -2.31. The van der Waals surface area contributed by atoms with E-state index in [0.717, 1.165) is 49.8 Å². The fourth-order valence-corrected chi connectivity index (χ4v) is 8.63. The molecule has 0 radical (unpaired) electrons. The monoisotopic (exact) mass is 621 g/mol. The summed E-state index contributed by atoms with van der Waals surface area (Å²) >= 11 is 0. The van der Waals surface area contributed by atoms with Gasteiger partial charge in [-0.2, -0.15) is 9.97 Å². The number of pyridine rings is 1. The largest absolute Gasteiger partial charge is 0.508 e. The van der Waals surface area contributed by atoms with Crippen LogP contribution >= 0.6 is 0 Å². The van der Waals surface area contributed by atoms with Crippen molar-refractivity contribution in [3.05, 3.63) is 29.1 Å². The molecule has 1 N–H and O–H groups in total. The number of hydrogen-bond donors (Lipinski definition) is 1. The number of methoxy groups -OCH3 is 1. The van der Waals surface area contributed by atoms with Crippen molar-refractivity contribution in [3.63, 3.8) is 0 Å². The van der Waals surface area contributed by atoms with Gasteiger partial charge in [-0.1, -0.05) is 6.92 Å². The van der Waals surface area contributed by atoms with E-state index in [0.29, 0.717) is 56.0 Å². The molecule has 3 aromatic rings. The van der Waals surface area contributed by atoms with E-state index in [1.54, 1.807) is 12.1 Å². The van der Waals surface area contributed by atoms with Crippen molar-refractivity contribution in [2.75, 3.05) is 58.0 Å². The predicted molar refractivity (Wildman–Crippen MR) is 166 cm³/mol. The molecular weight excluding hydrogens is 580 g/mol. The number of fused-ring (bicyclic) bond motifs is 3. The van der Waals surface area contributed by atoms with Crippen LogP contribution in [-0.2, 0) is 11.2 Å². The smallest absolute Gasteiger partial charge is 0.319 e. The standard InChI is InChI=1S/C34H41F2N5O4/c1-20-5-3-6-21-13-23(42)14-24(25(20)21)28-27(36)29-26(31(37-28)43-2)30(40-9-4-11-44-12-10-40)39-32(38-29)45-19-34-15-22(35)16-41(34)18-33(17-34)7-8-33/h13-14,20,22,42H,3-12,15-19H2,1-2H3. The number of benzene rings is 1. The minimum Gasteiger partial charge on any atom is -0.508 e. The number of ether oxygens (including phenoxy) is 3. The van der Waals surface area contributed by atoms with Gasteiger partial charge in [-0.25, -0.2) is 13.8 Å². The van der Waals surface area contributed by atoms with E-state index < -0.39 is 17.5 Å². The lowest BCUT2D eigenvalue weighted by atomic mass is 9.80. The molecule has 1 aromatic carbocycles. The topological polar surface area (TPSA) is 93.1 Å². The van der Waals surface area contributed by atoms with Crippen LogP contribution in [0.4, 0.5) is 14.6 Å². The van der Waals surface area contributed by atoms with Crippen molar-refractivity contribution in [3.8, 4) is 28.9 Å². The van der Waals surface area contributed by atoms with E-state index in [9.17, 15) is 9.50 Å². The summed E-state index contributed by atoms with van der Waals surface area (Å²) in [6.07, 6.45) is 6.37. The Morgan fingerprint density at radius 2 is 2.00 bits per heavy atom. The first-order chi connectivity index (χ1) is 21.8. The summed E-state index contributed by atoms with van der Waals surface area (Å²) in [5.74, 6) is 0.333. The highest BCUT2D eigenvalue weighted by molar-refractivity contribution is 5.97. The molecule has 0 bridgehead atoms. The second kappa shape index (κ2) is 10.9. The number of anilines is 1. The van der Waals surface area contributed by atoms with Crippen molar-refractivity contribution in [1.29, 1.82) is 0 Å². The summed E-state index contributed by atoms with van der Waals surface area (Å²) in [7, 11) is 1.51. The Hall–Kier alpha value is -3.31. The summed E-state index contributed by atoms with van der Waals surface area (Å²) in [6, 6.07) is 3.43. The summed E-state index contributed by atoms with van der Waals surface area (Å²) in [5, 5.41) is 11.0. The maximum atomic E-state index is 17.0. The summed E-state index contributed by atoms with van der Waals surface area (Å²) in [4.78, 5) is 18.6. The fraction of sp³-hybridized carbons (Fsp3) is 0.618.